The average Bonchev–Trinajstić information content (AvgIpc) is 2.36. The lowest BCUT2D eigenvalue weighted by atomic mass is 10.3. The molecule has 0 saturated carbocycles. The number of hydrogen-bond acceptors (Lipinski definition) is 3. The largest absolute Gasteiger partial charge is 0.492 e. The lowest BCUT2D eigenvalue weighted by Crippen LogP contribution is -2.33. The Hall–Kier alpha value is -0.580. The van der Waals surface area contributed by atoms with Crippen molar-refractivity contribution in [2.75, 3.05) is 32.8 Å². The molecule has 0 atom stereocenters. The van der Waals surface area contributed by atoms with Gasteiger partial charge in [-0.2, -0.15) is 0 Å². The van der Waals surface area contributed by atoms with Crippen molar-refractivity contribution in [2.24, 2.45) is 5.73 Å². The first-order valence-electron chi connectivity index (χ1n) is 6.57. The van der Waals surface area contributed by atoms with E-state index in [1.54, 1.807) is 0 Å². The van der Waals surface area contributed by atoms with Crippen LogP contribution in [0.15, 0.2) is 28.7 Å². The predicted molar refractivity (Wildman–Crippen MR) is 80.0 cm³/mol. The van der Waals surface area contributed by atoms with Gasteiger partial charge in [-0.1, -0.05) is 35.3 Å². The van der Waals surface area contributed by atoms with Crippen LogP contribution in [0.4, 0.5) is 0 Å². The van der Waals surface area contributed by atoms with Crippen molar-refractivity contribution in [3.05, 3.63) is 28.7 Å². The van der Waals surface area contributed by atoms with Crippen LogP contribution in [0.5, 0.6) is 5.75 Å². The number of ether oxygens (including phenoxy) is 1. The predicted octanol–water partition coefficient (Wildman–Crippen LogP) is 2.89. The van der Waals surface area contributed by atoms with Crippen LogP contribution in [0.2, 0.25) is 0 Å². The molecule has 3 nitrogen and oxygen atoms in total. The van der Waals surface area contributed by atoms with Crippen molar-refractivity contribution in [1.29, 1.82) is 0 Å². The van der Waals surface area contributed by atoms with Crippen molar-refractivity contribution in [2.45, 2.75) is 19.8 Å². The third kappa shape index (κ3) is 6.38. The highest BCUT2D eigenvalue weighted by Gasteiger charge is 2.03. The molecule has 0 fully saturated rings. The first-order chi connectivity index (χ1) is 8.76. The second-order valence-electron chi connectivity index (χ2n) is 4.29. The number of benzene rings is 1. The lowest BCUT2D eigenvalue weighted by molar-refractivity contribution is 0.210. The van der Waals surface area contributed by atoms with Crippen molar-refractivity contribution in [1.82, 2.24) is 4.90 Å². The van der Waals surface area contributed by atoms with Gasteiger partial charge in [-0.15, -0.1) is 0 Å². The van der Waals surface area contributed by atoms with Gasteiger partial charge in [0, 0.05) is 24.1 Å². The zero-order valence-electron chi connectivity index (χ0n) is 11.1. The molecule has 1 rings (SSSR count). The minimum atomic E-state index is 0.708. The number of hydrogen-bond donors (Lipinski definition) is 1. The molecule has 2 N–H and O–H groups in total. The maximum Gasteiger partial charge on any atom is 0.120 e. The van der Waals surface area contributed by atoms with Gasteiger partial charge in [0.15, 0.2) is 0 Å². The van der Waals surface area contributed by atoms with E-state index in [9.17, 15) is 0 Å². The summed E-state index contributed by atoms with van der Waals surface area (Å²) < 4.78 is 6.78. The summed E-state index contributed by atoms with van der Waals surface area (Å²) in [6.45, 7) is 6.61. The molecule has 0 amide bonds. The van der Waals surface area contributed by atoms with Gasteiger partial charge in [0.25, 0.3) is 0 Å². The summed E-state index contributed by atoms with van der Waals surface area (Å²) in [7, 11) is 0. The van der Waals surface area contributed by atoms with Crippen LogP contribution in [0, 0.1) is 0 Å². The smallest absolute Gasteiger partial charge is 0.120 e. The van der Waals surface area contributed by atoms with E-state index in [0.29, 0.717) is 13.2 Å². The maximum atomic E-state index is 5.73. The van der Waals surface area contributed by atoms with Crippen LogP contribution in [0.25, 0.3) is 0 Å². The second-order valence-corrected chi connectivity index (χ2v) is 5.21. The van der Waals surface area contributed by atoms with E-state index in [2.05, 4.69) is 27.8 Å². The maximum absolute atomic E-state index is 5.73. The monoisotopic (exact) mass is 314 g/mol. The van der Waals surface area contributed by atoms with E-state index < -0.39 is 0 Å². The summed E-state index contributed by atoms with van der Waals surface area (Å²) >= 11 is 3.44. The van der Waals surface area contributed by atoms with Crippen LogP contribution in [-0.4, -0.2) is 37.7 Å². The summed E-state index contributed by atoms with van der Waals surface area (Å²) in [5.41, 5.74) is 5.62. The Morgan fingerprint density at radius 1 is 1.28 bits per heavy atom. The fourth-order valence-corrected chi connectivity index (χ4v) is 2.13. The number of rotatable bonds is 9. The molecule has 1 aromatic rings. The highest BCUT2D eigenvalue weighted by molar-refractivity contribution is 9.10. The fraction of sp³-hybridized carbons (Fsp3) is 0.571. The van der Waals surface area contributed by atoms with Gasteiger partial charge in [0.2, 0.25) is 0 Å². The fourth-order valence-electron chi connectivity index (χ4n) is 1.75. The van der Waals surface area contributed by atoms with E-state index in [4.69, 9.17) is 10.5 Å². The van der Waals surface area contributed by atoms with Crippen molar-refractivity contribution in [3.63, 3.8) is 0 Å². The van der Waals surface area contributed by atoms with Crippen molar-refractivity contribution < 1.29 is 4.74 Å². The quantitative estimate of drug-likeness (QED) is 0.761. The first-order valence-corrected chi connectivity index (χ1v) is 7.36. The molecule has 102 valence electrons. The van der Waals surface area contributed by atoms with Gasteiger partial charge in [0.05, 0.1) is 0 Å². The Balaban J connectivity index is 2.29. The molecular formula is C14H23BrN2O. The molecule has 0 bridgehead atoms. The van der Waals surface area contributed by atoms with Gasteiger partial charge >= 0.3 is 0 Å². The number of nitrogens with two attached hydrogens (primary N) is 1. The molecule has 1 aromatic carbocycles. The number of nitrogens with zero attached hydrogens (tertiary/aromatic N) is 1. The second kappa shape index (κ2) is 9.36. The Morgan fingerprint density at radius 2 is 2.11 bits per heavy atom. The molecule has 0 unspecified atom stereocenters. The standard InChI is InChI=1S/C14H23BrN2O/c1-2-3-8-17(9-7-16)10-11-18-14-6-4-5-13(15)12-14/h4-6,12H,2-3,7-11,16H2,1H3. The van der Waals surface area contributed by atoms with E-state index in [1.807, 2.05) is 24.3 Å². The van der Waals surface area contributed by atoms with Gasteiger partial charge in [-0.25, -0.2) is 0 Å². The van der Waals surface area contributed by atoms with Crippen LogP contribution in [0.3, 0.4) is 0 Å². The Labute approximate surface area is 118 Å². The van der Waals surface area contributed by atoms with Crippen molar-refractivity contribution >= 4 is 15.9 Å². The highest BCUT2D eigenvalue weighted by atomic mass is 79.9. The molecule has 0 radical (unpaired) electrons. The minimum Gasteiger partial charge on any atom is -0.492 e. The van der Waals surface area contributed by atoms with Crippen molar-refractivity contribution in [3.8, 4) is 5.75 Å². The van der Waals surface area contributed by atoms with Gasteiger partial charge in [-0.05, 0) is 31.2 Å². The van der Waals surface area contributed by atoms with Gasteiger partial charge < -0.3 is 10.5 Å². The first kappa shape index (κ1) is 15.5. The summed E-state index contributed by atoms with van der Waals surface area (Å²) in [5, 5.41) is 0. The molecule has 0 spiro atoms. The Morgan fingerprint density at radius 3 is 2.78 bits per heavy atom. The zero-order valence-corrected chi connectivity index (χ0v) is 12.7. The SMILES string of the molecule is CCCCN(CCN)CCOc1cccc(Br)c1. The summed E-state index contributed by atoms with van der Waals surface area (Å²) in [6, 6.07) is 7.94. The normalized spacial score (nSPS) is 10.9. The molecule has 0 aliphatic carbocycles. The molecule has 0 heterocycles. The van der Waals surface area contributed by atoms with E-state index in [1.165, 1.54) is 12.8 Å². The van der Waals surface area contributed by atoms with E-state index in [0.717, 1.165) is 29.9 Å². The molecule has 0 aromatic heterocycles. The molecule has 0 aliphatic rings. The molecule has 0 saturated heterocycles. The van der Waals surface area contributed by atoms with Gasteiger partial charge in [-0.3, -0.25) is 4.90 Å². The van der Waals surface area contributed by atoms with Crippen LogP contribution in [0.1, 0.15) is 19.8 Å². The van der Waals surface area contributed by atoms with Crippen LogP contribution < -0.4 is 10.5 Å². The van der Waals surface area contributed by atoms with E-state index in [-0.39, 0.29) is 0 Å². The average molecular weight is 315 g/mol. The van der Waals surface area contributed by atoms with Crippen LogP contribution in [-0.2, 0) is 0 Å². The summed E-state index contributed by atoms with van der Waals surface area (Å²) in [6.07, 6.45) is 2.43. The van der Waals surface area contributed by atoms with Gasteiger partial charge in [0.1, 0.15) is 12.4 Å². The molecule has 0 aliphatic heterocycles. The molecule has 4 heteroatoms. The highest BCUT2D eigenvalue weighted by Crippen LogP contribution is 2.17. The number of unbranched alkanes of at least 4 members (excludes halogenated alkanes) is 1. The number of halogens is 1. The Bertz CT molecular complexity index is 333. The summed E-state index contributed by atoms with van der Waals surface area (Å²) in [5.74, 6) is 0.910. The third-order valence-electron chi connectivity index (χ3n) is 2.75. The lowest BCUT2D eigenvalue weighted by Gasteiger charge is -2.21. The third-order valence-corrected chi connectivity index (χ3v) is 3.24. The Kier molecular flexibility index (Phi) is 8.05. The molecule has 18 heavy (non-hydrogen) atoms. The topological polar surface area (TPSA) is 38.5 Å². The van der Waals surface area contributed by atoms with E-state index >= 15 is 0 Å². The minimum absolute atomic E-state index is 0.708. The summed E-state index contributed by atoms with van der Waals surface area (Å²) in [4.78, 5) is 2.36. The molecular weight excluding hydrogens is 292 g/mol. The zero-order chi connectivity index (χ0) is 13.2. The van der Waals surface area contributed by atoms with Crippen LogP contribution >= 0.6 is 15.9 Å².